The van der Waals surface area contributed by atoms with Crippen LogP contribution in [0.1, 0.15) is 73.1 Å². The number of hydrogen-bond donors (Lipinski definition) is 0. The molecule has 1 heterocycles. The first-order valence-corrected chi connectivity index (χ1v) is 8.48. The normalized spacial score (nSPS) is 34.9. The SMILES string of the molecule is CCC(C)(C)C1CCC(C#N)C(N2CCCC2(C)C)C1. The monoisotopic (exact) mass is 276 g/mol. The molecule has 3 unspecified atom stereocenters. The van der Waals surface area contributed by atoms with E-state index in [2.05, 4.69) is 45.6 Å². The van der Waals surface area contributed by atoms with Gasteiger partial charge in [0, 0.05) is 11.6 Å². The summed E-state index contributed by atoms with van der Waals surface area (Å²) in [7, 11) is 0. The van der Waals surface area contributed by atoms with Gasteiger partial charge in [-0.2, -0.15) is 5.26 Å². The van der Waals surface area contributed by atoms with Gasteiger partial charge in [-0.05, 0) is 63.8 Å². The van der Waals surface area contributed by atoms with Gasteiger partial charge in [-0.1, -0.05) is 27.2 Å². The summed E-state index contributed by atoms with van der Waals surface area (Å²) in [4.78, 5) is 2.67. The summed E-state index contributed by atoms with van der Waals surface area (Å²) in [6, 6.07) is 3.11. The first-order valence-electron chi connectivity index (χ1n) is 8.48. The molecule has 1 aliphatic heterocycles. The Labute approximate surface area is 125 Å². The highest BCUT2D eigenvalue weighted by molar-refractivity contribution is 5.04. The first kappa shape index (κ1) is 15.8. The van der Waals surface area contributed by atoms with E-state index in [1.807, 2.05) is 0 Å². The number of nitrogens with zero attached hydrogens (tertiary/aromatic N) is 2. The molecular weight excluding hydrogens is 244 g/mol. The van der Waals surface area contributed by atoms with Crippen molar-refractivity contribution in [2.24, 2.45) is 17.3 Å². The molecule has 2 rings (SSSR count). The molecule has 2 nitrogen and oxygen atoms in total. The predicted octanol–water partition coefficient (Wildman–Crippen LogP) is 4.61. The van der Waals surface area contributed by atoms with Gasteiger partial charge >= 0.3 is 0 Å². The van der Waals surface area contributed by atoms with Crippen LogP contribution in [0.15, 0.2) is 0 Å². The zero-order valence-corrected chi connectivity index (χ0v) is 14.1. The summed E-state index contributed by atoms with van der Waals surface area (Å²) in [6.45, 7) is 13.1. The topological polar surface area (TPSA) is 27.0 Å². The van der Waals surface area contributed by atoms with E-state index in [1.165, 1.54) is 38.6 Å². The van der Waals surface area contributed by atoms with E-state index in [0.29, 0.717) is 11.5 Å². The van der Waals surface area contributed by atoms with E-state index in [1.54, 1.807) is 0 Å². The Morgan fingerprint density at radius 1 is 1.30 bits per heavy atom. The Balaban J connectivity index is 2.17. The van der Waals surface area contributed by atoms with Crippen molar-refractivity contribution in [3.8, 4) is 6.07 Å². The molecule has 0 bridgehead atoms. The van der Waals surface area contributed by atoms with Gasteiger partial charge in [-0.25, -0.2) is 0 Å². The number of nitriles is 1. The van der Waals surface area contributed by atoms with Crippen LogP contribution in [0.2, 0.25) is 0 Å². The smallest absolute Gasteiger partial charge is 0.0672 e. The molecule has 0 amide bonds. The van der Waals surface area contributed by atoms with Gasteiger partial charge in [-0.15, -0.1) is 0 Å². The Kier molecular flexibility index (Phi) is 4.50. The van der Waals surface area contributed by atoms with Crippen molar-refractivity contribution in [1.29, 1.82) is 5.26 Å². The third-order valence-electron chi connectivity index (χ3n) is 6.36. The minimum atomic E-state index is 0.247. The second-order valence-electron chi connectivity index (χ2n) is 8.26. The highest BCUT2D eigenvalue weighted by Crippen LogP contribution is 2.46. The fraction of sp³-hybridized carbons (Fsp3) is 0.944. The molecule has 0 aromatic heterocycles. The highest BCUT2D eigenvalue weighted by atomic mass is 15.2. The zero-order chi connectivity index (χ0) is 15.0. The average molecular weight is 276 g/mol. The molecule has 0 aromatic carbocycles. The van der Waals surface area contributed by atoms with Gasteiger partial charge in [0.25, 0.3) is 0 Å². The molecule has 20 heavy (non-hydrogen) atoms. The number of hydrogen-bond acceptors (Lipinski definition) is 2. The second-order valence-corrected chi connectivity index (χ2v) is 8.26. The average Bonchev–Trinajstić information content (AvgIpc) is 2.77. The van der Waals surface area contributed by atoms with Gasteiger partial charge in [0.05, 0.1) is 12.0 Å². The predicted molar refractivity (Wildman–Crippen MR) is 84.3 cm³/mol. The van der Waals surface area contributed by atoms with Crippen molar-refractivity contribution < 1.29 is 0 Å². The number of likely N-dealkylation sites (tertiary alicyclic amines) is 1. The lowest BCUT2D eigenvalue weighted by Crippen LogP contribution is -2.52. The van der Waals surface area contributed by atoms with Gasteiger partial charge in [0.1, 0.15) is 0 Å². The summed E-state index contributed by atoms with van der Waals surface area (Å²) in [5, 5.41) is 9.56. The van der Waals surface area contributed by atoms with Crippen LogP contribution in [0.4, 0.5) is 0 Å². The van der Waals surface area contributed by atoms with E-state index in [4.69, 9.17) is 0 Å². The van der Waals surface area contributed by atoms with Gasteiger partial charge in [0.15, 0.2) is 0 Å². The minimum Gasteiger partial charge on any atom is -0.294 e. The van der Waals surface area contributed by atoms with Crippen LogP contribution in [0.5, 0.6) is 0 Å². The molecule has 1 saturated heterocycles. The Morgan fingerprint density at radius 3 is 2.50 bits per heavy atom. The Bertz CT molecular complexity index is 377. The Hall–Kier alpha value is -0.550. The van der Waals surface area contributed by atoms with Gasteiger partial charge in [0.2, 0.25) is 0 Å². The molecule has 114 valence electrons. The molecule has 3 atom stereocenters. The lowest BCUT2D eigenvalue weighted by Gasteiger charge is -2.48. The van der Waals surface area contributed by atoms with Gasteiger partial charge in [-0.3, -0.25) is 4.90 Å². The molecule has 2 fully saturated rings. The quantitative estimate of drug-likeness (QED) is 0.753. The molecule has 1 aliphatic carbocycles. The summed E-state index contributed by atoms with van der Waals surface area (Å²) < 4.78 is 0. The molecule has 1 saturated carbocycles. The third kappa shape index (κ3) is 2.89. The van der Waals surface area contributed by atoms with Crippen molar-refractivity contribution >= 4 is 0 Å². The van der Waals surface area contributed by atoms with Crippen molar-refractivity contribution in [2.75, 3.05) is 6.54 Å². The zero-order valence-electron chi connectivity index (χ0n) is 14.1. The maximum atomic E-state index is 9.56. The summed E-state index contributed by atoms with van der Waals surface area (Å²) in [5.41, 5.74) is 0.709. The standard InChI is InChI=1S/C18H32N2/c1-6-17(2,3)15-9-8-14(13-19)16(12-15)20-11-7-10-18(20,4)5/h14-16H,6-12H2,1-5H3. The third-order valence-corrected chi connectivity index (χ3v) is 6.36. The van der Waals surface area contributed by atoms with E-state index >= 15 is 0 Å². The molecule has 0 radical (unpaired) electrons. The maximum Gasteiger partial charge on any atom is 0.0672 e. The summed E-state index contributed by atoms with van der Waals surface area (Å²) in [6.07, 6.45) is 7.38. The molecule has 2 heteroatoms. The van der Waals surface area contributed by atoms with Crippen LogP contribution in [-0.4, -0.2) is 23.0 Å². The largest absolute Gasteiger partial charge is 0.294 e. The van der Waals surface area contributed by atoms with Crippen molar-refractivity contribution in [3.63, 3.8) is 0 Å². The minimum absolute atomic E-state index is 0.247. The van der Waals surface area contributed by atoms with E-state index in [0.717, 1.165) is 12.3 Å². The van der Waals surface area contributed by atoms with Crippen LogP contribution in [-0.2, 0) is 0 Å². The second kappa shape index (κ2) is 5.68. The maximum absolute atomic E-state index is 9.56. The lowest BCUT2D eigenvalue weighted by molar-refractivity contribution is 0.0202. The van der Waals surface area contributed by atoms with Gasteiger partial charge < -0.3 is 0 Å². The van der Waals surface area contributed by atoms with Crippen LogP contribution in [0.25, 0.3) is 0 Å². The van der Waals surface area contributed by atoms with Crippen molar-refractivity contribution in [1.82, 2.24) is 4.90 Å². The van der Waals surface area contributed by atoms with Crippen LogP contribution < -0.4 is 0 Å². The molecule has 2 aliphatic rings. The molecule has 0 spiro atoms. The van der Waals surface area contributed by atoms with Crippen LogP contribution >= 0.6 is 0 Å². The van der Waals surface area contributed by atoms with Crippen molar-refractivity contribution in [2.45, 2.75) is 84.7 Å². The van der Waals surface area contributed by atoms with Crippen molar-refractivity contribution in [3.05, 3.63) is 0 Å². The van der Waals surface area contributed by atoms with E-state index < -0.39 is 0 Å². The van der Waals surface area contributed by atoms with E-state index in [9.17, 15) is 5.26 Å². The van der Waals surface area contributed by atoms with Crippen LogP contribution in [0, 0.1) is 28.6 Å². The molecule has 0 aromatic rings. The fourth-order valence-corrected chi connectivity index (χ4v) is 4.38. The van der Waals surface area contributed by atoms with Crippen LogP contribution in [0.3, 0.4) is 0 Å². The van der Waals surface area contributed by atoms with E-state index in [-0.39, 0.29) is 11.5 Å². The Morgan fingerprint density at radius 2 is 2.00 bits per heavy atom. The first-order chi connectivity index (χ1) is 9.31. The lowest BCUT2D eigenvalue weighted by atomic mass is 9.65. The highest BCUT2D eigenvalue weighted by Gasteiger charge is 2.45. The fourth-order valence-electron chi connectivity index (χ4n) is 4.38. The molecular formula is C18H32N2. The summed E-state index contributed by atoms with van der Waals surface area (Å²) >= 11 is 0. The summed E-state index contributed by atoms with van der Waals surface area (Å²) in [5.74, 6) is 1.02. The number of rotatable bonds is 3. The molecule has 0 N–H and O–H groups in total.